The molecule has 0 aromatic carbocycles. The minimum atomic E-state index is -0.958. The van der Waals surface area contributed by atoms with Crippen molar-refractivity contribution in [3.63, 3.8) is 0 Å². The molecule has 2 atom stereocenters. The van der Waals surface area contributed by atoms with Crippen molar-refractivity contribution >= 4 is 15.9 Å². The minimum Gasteiger partial charge on any atom is -0.389 e. The summed E-state index contributed by atoms with van der Waals surface area (Å²) >= 11 is 3.20. The van der Waals surface area contributed by atoms with Gasteiger partial charge in [0.05, 0.1) is 11.8 Å². The summed E-state index contributed by atoms with van der Waals surface area (Å²) in [5.41, 5.74) is 0.460. The van der Waals surface area contributed by atoms with Gasteiger partial charge in [-0.05, 0) is 35.1 Å². The molecular weight excluding hydrogens is 248 g/mol. The van der Waals surface area contributed by atoms with Crippen LogP contribution in [0.25, 0.3) is 0 Å². The van der Waals surface area contributed by atoms with E-state index in [1.807, 2.05) is 0 Å². The number of aromatic nitrogens is 1. The highest BCUT2D eigenvalue weighted by Gasteiger charge is 2.18. The van der Waals surface area contributed by atoms with Crippen LogP contribution >= 0.6 is 15.9 Å². The summed E-state index contributed by atoms with van der Waals surface area (Å²) in [5.74, 6) is 0. The molecule has 4 nitrogen and oxygen atoms in total. The Labute approximate surface area is 91.1 Å². The molecule has 1 heterocycles. The van der Waals surface area contributed by atoms with Crippen LogP contribution in [0.15, 0.2) is 22.8 Å². The molecular formula is C9H13BrN2O2. The van der Waals surface area contributed by atoms with Gasteiger partial charge in [0.25, 0.3) is 0 Å². The van der Waals surface area contributed by atoms with E-state index in [0.717, 1.165) is 0 Å². The van der Waals surface area contributed by atoms with Gasteiger partial charge in [-0.2, -0.15) is 0 Å². The van der Waals surface area contributed by atoms with Gasteiger partial charge in [0.1, 0.15) is 10.7 Å². The van der Waals surface area contributed by atoms with Crippen molar-refractivity contribution < 1.29 is 10.2 Å². The summed E-state index contributed by atoms with van der Waals surface area (Å²) in [6.07, 6.45) is -1.80. The van der Waals surface area contributed by atoms with E-state index in [2.05, 4.69) is 26.2 Å². The largest absolute Gasteiger partial charge is 0.389 e. The van der Waals surface area contributed by atoms with Crippen LogP contribution in [0.2, 0.25) is 0 Å². The van der Waals surface area contributed by atoms with Crippen molar-refractivity contribution in [3.05, 3.63) is 28.5 Å². The summed E-state index contributed by atoms with van der Waals surface area (Å²) in [4.78, 5) is 4.06. The van der Waals surface area contributed by atoms with E-state index >= 15 is 0 Å². The molecule has 0 amide bonds. The summed E-state index contributed by atoms with van der Waals surface area (Å²) in [5, 5.41) is 21.9. The average Bonchev–Trinajstić information content (AvgIpc) is 2.17. The van der Waals surface area contributed by atoms with Crippen LogP contribution in [0.4, 0.5) is 0 Å². The van der Waals surface area contributed by atoms with Gasteiger partial charge in [0, 0.05) is 6.54 Å². The fourth-order valence-electron chi connectivity index (χ4n) is 1.11. The second kappa shape index (κ2) is 5.41. The summed E-state index contributed by atoms with van der Waals surface area (Å²) in [7, 11) is 1.71. The number of aliphatic hydroxyl groups excluding tert-OH is 2. The van der Waals surface area contributed by atoms with Crippen LogP contribution < -0.4 is 5.32 Å². The Morgan fingerprint density at radius 3 is 2.79 bits per heavy atom. The van der Waals surface area contributed by atoms with Crippen LogP contribution in [0.3, 0.4) is 0 Å². The lowest BCUT2D eigenvalue weighted by atomic mass is 10.1. The molecule has 3 N–H and O–H groups in total. The predicted molar refractivity (Wildman–Crippen MR) is 56.8 cm³/mol. The zero-order valence-electron chi connectivity index (χ0n) is 7.81. The molecule has 1 aromatic rings. The maximum absolute atomic E-state index is 9.67. The lowest BCUT2D eigenvalue weighted by Crippen LogP contribution is -2.30. The molecule has 0 aliphatic heterocycles. The van der Waals surface area contributed by atoms with Crippen LogP contribution in [-0.4, -0.2) is 34.9 Å². The van der Waals surface area contributed by atoms with Gasteiger partial charge in [-0.3, -0.25) is 0 Å². The second-order valence-electron chi connectivity index (χ2n) is 2.96. The maximum atomic E-state index is 9.67. The van der Waals surface area contributed by atoms with Crippen molar-refractivity contribution in [2.75, 3.05) is 13.6 Å². The standard InChI is InChI=1S/C9H13BrN2O2/c1-11-5-7(13)9(14)6-3-2-4-8(10)12-6/h2-4,7,9,11,13-14H,5H2,1H3. The third kappa shape index (κ3) is 3.02. The van der Waals surface area contributed by atoms with Crippen molar-refractivity contribution in [1.29, 1.82) is 0 Å². The molecule has 0 aliphatic carbocycles. The van der Waals surface area contributed by atoms with E-state index < -0.39 is 12.2 Å². The molecule has 5 heteroatoms. The fourth-order valence-corrected chi connectivity index (χ4v) is 1.46. The third-order valence-corrected chi connectivity index (χ3v) is 2.26. The Morgan fingerprint density at radius 1 is 1.50 bits per heavy atom. The first-order chi connectivity index (χ1) is 6.65. The number of nitrogens with zero attached hydrogens (tertiary/aromatic N) is 1. The van der Waals surface area contributed by atoms with Crippen molar-refractivity contribution in [3.8, 4) is 0 Å². The SMILES string of the molecule is CNCC(O)C(O)c1cccc(Br)n1. The number of pyridine rings is 1. The molecule has 2 unspecified atom stereocenters. The van der Waals surface area contributed by atoms with Crippen molar-refractivity contribution in [1.82, 2.24) is 10.3 Å². The van der Waals surface area contributed by atoms with Gasteiger partial charge >= 0.3 is 0 Å². The predicted octanol–water partition coefficient (Wildman–Crippen LogP) is 0.458. The summed E-state index contributed by atoms with van der Waals surface area (Å²) in [6, 6.07) is 5.21. The molecule has 1 aromatic heterocycles. The van der Waals surface area contributed by atoms with Crippen LogP contribution in [0.1, 0.15) is 11.8 Å². The summed E-state index contributed by atoms with van der Waals surface area (Å²) < 4.78 is 0.644. The Balaban J connectivity index is 2.73. The third-order valence-electron chi connectivity index (χ3n) is 1.82. The number of likely N-dealkylation sites (N-methyl/N-ethyl adjacent to an activating group) is 1. The number of aliphatic hydroxyl groups is 2. The lowest BCUT2D eigenvalue weighted by Gasteiger charge is -2.16. The molecule has 0 fully saturated rings. The minimum absolute atomic E-state index is 0.329. The molecule has 0 saturated carbocycles. The fraction of sp³-hybridized carbons (Fsp3) is 0.444. The lowest BCUT2D eigenvalue weighted by molar-refractivity contribution is 0.0176. The Morgan fingerprint density at radius 2 is 2.21 bits per heavy atom. The first-order valence-electron chi connectivity index (χ1n) is 4.28. The first kappa shape index (κ1) is 11.6. The number of hydrogen-bond acceptors (Lipinski definition) is 4. The van der Waals surface area contributed by atoms with Gasteiger partial charge in [-0.25, -0.2) is 4.98 Å². The van der Waals surface area contributed by atoms with E-state index in [1.165, 1.54) is 0 Å². The Bertz CT molecular complexity index is 296. The van der Waals surface area contributed by atoms with Gasteiger partial charge in [-0.15, -0.1) is 0 Å². The second-order valence-corrected chi connectivity index (χ2v) is 3.77. The quantitative estimate of drug-likeness (QED) is 0.689. The Hall–Kier alpha value is -0.490. The molecule has 0 aliphatic rings. The molecule has 0 bridgehead atoms. The van der Waals surface area contributed by atoms with E-state index in [0.29, 0.717) is 16.8 Å². The normalized spacial score (nSPS) is 15.1. The molecule has 0 saturated heterocycles. The molecule has 0 radical (unpaired) electrons. The van der Waals surface area contributed by atoms with Crippen molar-refractivity contribution in [2.24, 2.45) is 0 Å². The topological polar surface area (TPSA) is 65.4 Å². The van der Waals surface area contributed by atoms with Crippen LogP contribution in [0, 0.1) is 0 Å². The van der Waals surface area contributed by atoms with Gasteiger partial charge in [0.2, 0.25) is 0 Å². The number of rotatable bonds is 4. The first-order valence-corrected chi connectivity index (χ1v) is 5.07. The van der Waals surface area contributed by atoms with Crippen LogP contribution in [-0.2, 0) is 0 Å². The van der Waals surface area contributed by atoms with Crippen LogP contribution in [0.5, 0.6) is 0 Å². The van der Waals surface area contributed by atoms with E-state index in [4.69, 9.17) is 0 Å². The Kier molecular flexibility index (Phi) is 4.47. The van der Waals surface area contributed by atoms with Crippen molar-refractivity contribution in [2.45, 2.75) is 12.2 Å². The summed E-state index contributed by atoms with van der Waals surface area (Å²) in [6.45, 7) is 0.329. The average molecular weight is 261 g/mol. The highest BCUT2D eigenvalue weighted by atomic mass is 79.9. The van der Waals surface area contributed by atoms with Gasteiger partial charge in [-0.1, -0.05) is 6.07 Å². The zero-order chi connectivity index (χ0) is 10.6. The van der Waals surface area contributed by atoms with E-state index in [9.17, 15) is 10.2 Å². The van der Waals surface area contributed by atoms with E-state index in [-0.39, 0.29) is 0 Å². The molecule has 78 valence electrons. The monoisotopic (exact) mass is 260 g/mol. The number of halogens is 1. The highest BCUT2D eigenvalue weighted by Crippen LogP contribution is 2.16. The zero-order valence-corrected chi connectivity index (χ0v) is 9.40. The maximum Gasteiger partial charge on any atom is 0.123 e. The molecule has 14 heavy (non-hydrogen) atoms. The smallest absolute Gasteiger partial charge is 0.123 e. The molecule has 0 spiro atoms. The van der Waals surface area contributed by atoms with E-state index in [1.54, 1.807) is 25.2 Å². The number of hydrogen-bond donors (Lipinski definition) is 3. The number of nitrogens with one attached hydrogen (secondary N) is 1. The van der Waals surface area contributed by atoms with Gasteiger partial charge in [0.15, 0.2) is 0 Å². The molecule has 1 rings (SSSR count). The van der Waals surface area contributed by atoms with Gasteiger partial charge < -0.3 is 15.5 Å². The highest BCUT2D eigenvalue weighted by molar-refractivity contribution is 9.10.